The number of aromatic nitrogens is 3. The number of hydrogen-bond acceptors (Lipinski definition) is 2. The van der Waals surface area contributed by atoms with Crippen molar-refractivity contribution in [3.8, 4) is 0 Å². The molecule has 0 radical (unpaired) electrons. The van der Waals surface area contributed by atoms with Gasteiger partial charge in [-0.15, -0.1) is 0 Å². The minimum atomic E-state index is 0.125. The van der Waals surface area contributed by atoms with Crippen LogP contribution in [0.4, 0.5) is 0 Å². The van der Waals surface area contributed by atoms with Crippen LogP contribution in [0.15, 0.2) is 36.8 Å². The van der Waals surface area contributed by atoms with E-state index in [1.807, 2.05) is 34.0 Å². The number of aromatic amines is 1. The van der Waals surface area contributed by atoms with Crippen LogP contribution in [0.1, 0.15) is 36.2 Å². The summed E-state index contributed by atoms with van der Waals surface area (Å²) in [6, 6.07) is 5.98. The molecule has 2 aromatic rings. The zero-order chi connectivity index (χ0) is 13.8. The molecule has 0 aliphatic carbocycles. The van der Waals surface area contributed by atoms with E-state index in [-0.39, 0.29) is 5.91 Å². The highest BCUT2D eigenvalue weighted by atomic mass is 16.2. The van der Waals surface area contributed by atoms with E-state index in [1.165, 1.54) is 6.42 Å². The summed E-state index contributed by atoms with van der Waals surface area (Å²) in [4.78, 5) is 17.5. The summed E-state index contributed by atoms with van der Waals surface area (Å²) < 4.78 is 1.94. The van der Waals surface area contributed by atoms with E-state index >= 15 is 0 Å². The zero-order valence-corrected chi connectivity index (χ0v) is 11.5. The van der Waals surface area contributed by atoms with Crippen LogP contribution < -0.4 is 0 Å². The van der Waals surface area contributed by atoms with Crippen molar-refractivity contribution in [2.24, 2.45) is 0 Å². The molecule has 1 N–H and O–H groups in total. The zero-order valence-electron chi connectivity index (χ0n) is 11.5. The predicted molar refractivity (Wildman–Crippen MR) is 76.3 cm³/mol. The fraction of sp³-hybridized carbons (Fsp3) is 0.467. The third-order valence-corrected chi connectivity index (χ3v) is 3.97. The maximum Gasteiger partial charge on any atom is 0.270 e. The van der Waals surface area contributed by atoms with Gasteiger partial charge in [-0.3, -0.25) is 9.48 Å². The van der Waals surface area contributed by atoms with E-state index in [0.717, 1.165) is 32.4 Å². The number of nitrogens with zero attached hydrogens (tertiary/aromatic N) is 3. The molecule has 1 saturated heterocycles. The average molecular weight is 272 g/mol. The maximum atomic E-state index is 12.5. The number of carbonyl (C=O) groups is 1. The lowest BCUT2D eigenvalue weighted by atomic mass is 9.99. The summed E-state index contributed by atoms with van der Waals surface area (Å²) in [5.74, 6) is 0.125. The van der Waals surface area contributed by atoms with Crippen LogP contribution in [-0.4, -0.2) is 38.2 Å². The van der Waals surface area contributed by atoms with Crippen molar-refractivity contribution in [3.63, 3.8) is 0 Å². The van der Waals surface area contributed by atoms with Crippen molar-refractivity contribution in [2.45, 2.75) is 38.3 Å². The molecule has 5 heteroatoms. The molecule has 1 aliphatic heterocycles. The minimum Gasteiger partial charge on any atom is -0.357 e. The Morgan fingerprint density at radius 2 is 2.35 bits per heavy atom. The van der Waals surface area contributed by atoms with Crippen LogP contribution in [0.2, 0.25) is 0 Å². The molecule has 3 heterocycles. The highest BCUT2D eigenvalue weighted by Crippen LogP contribution is 2.22. The van der Waals surface area contributed by atoms with Gasteiger partial charge in [0.05, 0.1) is 0 Å². The van der Waals surface area contributed by atoms with Crippen molar-refractivity contribution in [1.29, 1.82) is 0 Å². The number of piperidine rings is 1. The highest BCUT2D eigenvalue weighted by molar-refractivity contribution is 5.92. The molecule has 0 spiro atoms. The van der Waals surface area contributed by atoms with Crippen LogP contribution in [0.25, 0.3) is 0 Å². The molecule has 0 bridgehead atoms. The number of H-pyrrole nitrogens is 1. The number of hydrogen-bond donors (Lipinski definition) is 1. The molecule has 3 rings (SSSR count). The molecular weight excluding hydrogens is 252 g/mol. The van der Waals surface area contributed by atoms with Gasteiger partial charge in [0.2, 0.25) is 0 Å². The molecule has 1 fully saturated rings. The Hall–Kier alpha value is -2.04. The first-order valence-electron chi connectivity index (χ1n) is 7.26. The summed E-state index contributed by atoms with van der Waals surface area (Å²) in [5.41, 5.74) is 0.691. The Morgan fingerprint density at radius 3 is 3.10 bits per heavy atom. The summed E-state index contributed by atoms with van der Waals surface area (Å²) in [6.45, 7) is 1.73. The van der Waals surface area contributed by atoms with Gasteiger partial charge in [0, 0.05) is 37.7 Å². The van der Waals surface area contributed by atoms with Crippen LogP contribution in [0.3, 0.4) is 0 Å². The van der Waals surface area contributed by atoms with Crippen LogP contribution in [-0.2, 0) is 6.54 Å². The normalized spacial score (nSPS) is 19.2. The summed E-state index contributed by atoms with van der Waals surface area (Å²) in [7, 11) is 0. The third kappa shape index (κ3) is 2.76. The molecule has 20 heavy (non-hydrogen) atoms. The predicted octanol–water partition coefficient (Wildman–Crippen LogP) is 2.30. The van der Waals surface area contributed by atoms with E-state index in [4.69, 9.17) is 0 Å². The summed E-state index contributed by atoms with van der Waals surface area (Å²) in [5, 5.41) is 4.23. The van der Waals surface area contributed by atoms with Gasteiger partial charge in [-0.2, -0.15) is 5.10 Å². The van der Waals surface area contributed by atoms with Gasteiger partial charge in [-0.1, -0.05) is 0 Å². The van der Waals surface area contributed by atoms with E-state index < -0.39 is 0 Å². The Balaban J connectivity index is 1.66. The second-order valence-corrected chi connectivity index (χ2v) is 5.29. The Bertz CT molecular complexity index is 532. The Labute approximate surface area is 118 Å². The van der Waals surface area contributed by atoms with Crippen molar-refractivity contribution in [2.75, 3.05) is 6.54 Å². The molecule has 106 valence electrons. The number of carbonyl (C=O) groups excluding carboxylic acids is 1. The first kappa shape index (κ1) is 13.0. The van der Waals surface area contributed by atoms with Crippen LogP contribution >= 0.6 is 0 Å². The fourth-order valence-corrected chi connectivity index (χ4v) is 2.90. The molecule has 1 atom stereocenters. The molecule has 5 nitrogen and oxygen atoms in total. The van der Waals surface area contributed by atoms with E-state index in [9.17, 15) is 4.79 Å². The first-order chi connectivity index (χ1) is 9.84. The fourth-order valence-electron chi connectivity index (χ4n) is 2.90. The number of aryl methyl sites for hydroxylation is 1. The quantitative estimate of drug-likeness (QED) is 0.928. The van der Waals surface area contributed by atoms with E-state index in [1.54, 1.807) is 12.4 Å². The molecule has 1 amide bonds. The van der Waals surface area contributed by atoms with Crippen LogP contribution in [0, 0.1) is 0 Å². The van der Waals surface area contributed by atoms with Gasteiger partial charge in [-0.05, 0) is 43.9 Å². The summed E-state index contributed by atoms with van der Waals surface area (Å²) in [6.07, 6.45) is 9.93. The van der Waals surface area contributed by atoms with E-state index in [2.05, 4.69) is 10.1 Å². The van der Waals surface area contributed by atoms with Gasteiger partial charge in [0.1, 0.15) is 5.69 Å². The van der Waals surface area contributed by atoms with Gasteiger partial charge in [0.25, 0.3) is 5.91 Å². The highest BCUT2D eigenvalue weighted by Gasteiger charge is 2.27. The van der Waals surface area contributed by atoms with Gasteiger partial charge < -0.3 is 9.88 Å². The van der Waals surface area contributed by atoms with E-state index in [0.29, 0.717) is 11.7 Å². The van der Waals surface area contributed by atoms with Crippen molar-refractivity contribution < 1.29 is 4.79 Å². The molecule has 0 saturated carbocycles. The van der Waals surface area contributed by atoms with Crippen molar-refractivity contribution >= 4 is 5.91 Å². The second kappa shape index (κ2) is 5.94. The van der Waals surface area contributed by atoms with Gasteiger partial charge >= 0.3 is 0 Å². The molecule has 2 aromatic heterocycles. The summed E-state index contributed by atoms with van der Waals surface area (Å²) >= 11 is 0. The largest absolute Gasteiger partial charge is 0.357 e. The van der Waals surface area contributed by atoms with Crippen molar-refractivity contribution in [3.05, 3.63) is 42.5 Å². The lowest BCUT2D eigenvalue weighted by molar-refractivity contribution is 0.0588. The lowest BCUT2D eigenvalue weighted by Gasteiger charge is -2.35. The number of rotatable bonds is 4. The SMILES string of the molecule is O=C(c1ccc[nH]1)N1CCCCC1CCn1cccn1. The molecule has 1 aliphatic rings. The van der Waals surface area contributed by atoms with Crippen molar-refractivity contribution in [1.82, 2.24) is 19.7 Å². The Morgan fingerprint density at radius 1 is 1.40 bits per heavy atom. The topological polar surface area (TPSA) is 53.9 Å². The third-order valence-electron chi connectivity index (χ3n) is 3.97. The first-order valence-corrected chi connectivity index (χ1v) is 7.26. The monoisotopic (exact) mass is 272 g/mol. The number of amides is 1. The smallest absolute Gasteiger partial charge is 0.270 e. The molecular formula is C15H20N4O. The Kier molecular flexibility index (Phi) is 3.85. The van der Waals surface area contributed by atoms with Gasteiger partial charge in [-0.25, -0.2) is 0 Å². The second-order valence-electron chi connectivity index (χ2n) is 5.29. The van der Waals surface area contributed by atoms with Crippen LogP contribution in [0.5, 0.6) is 0 Å². The average Bonchev–Trinajstić information content (AvgIpc) is 3.18. The number of nitrogens with one attached hydrogen (secondary N) is 1. The minimum absolute atomic E-state index is 0.125. The molecule has 0 aromatic carbocycles. The molecule has 1 unspecified atom stereocenters. The standard InChI is InChI=1S/C15H20N4O/c20-15(14-6-3-8-16-14)19-11-2-1-5-13(19)7-12-18-10-4-9-17-18/h3-4,6,8-10,13,16H,1-2,5,7,11-12H2. The van der Waals surface area contributed by atoms with Gasteiger partial charge in [0.15, 0.2) is 0 Å². The maximum absolute atomic E-state index is 12.5. The number of likely N-dealkylation sites (tertiary alicyclic amines) is 1. The lowest BCUT2D eigenvalue weighted by Crippen LogP contribution is -2.44.